The second kappa shape index (κ2) is 6.79. The Balaban J connectivity index is 1.72. The van der Waals surface area contributed by atoms with Gasteiger partial charge < -0.3 is 5.32 Å². The molecular formula is C18H24F2N3+. The molecule has 1 atom stereocenters. The summed E-state index contributed by atoms with van der Waals surface area (Å²) < 4.78 is 27.2. The summed E-state index contributed by atoms with van der Waals surface area (Å²) in [5.41, 5.74) is 1.65. The van der Waals surface area contributed by atoms with Crippen LogP contribution in [-0.2, 0) is 6.54 Å². The molecule has 1 aliphatic heterocycles. The van der Waals surface area contributed by atoms with Gasteiger partial charge >= 0.3 is 0 Å². The fourth-order valence-electron chi connectivity index (χ4n) is 3.45. The Morgan fingerprint density at radius 1 is 1.13 bits per heavy atom. The van der Waals surface area contributed by atoms with Crippen molar-refractivity contribution in [3.05, 3.63) is 47.3 Å². The van der Waals surface area contributed by atoms with Crippen LogP contribution >= 0.6 is 0 Å². The molecule has 0 saturated heterocycles. The molecular weight excluding hydrogens is 296 g/mol. The van der Waals surface area contributed by atoms with Gasteiger partial charge in [0.1, 0.15) is 42.8 Å². The van der Waals surface area contributed by atoms with Gasteiger partial charge in [0.2, 0.25) is 0 Å². The maximum Gasteiger partial charge on any atom is 0.148 e. The van der Waals surface area contributed by atoms with Crippen molar-refractivity contribution >= 4 is 6.21 Å². The Kier molecular flexibility index (Phi) is 4.76. The number of halogens is 2. The zero-order chi connectivity index (χ0) is 16.3. The van der Waals surface area contributed by atoms with Crippen molar-refractivity contribution in [3.63, 3.8) is 0 Å². The summed E-state index contributed by atoms with van der Waals surface area (Å²) in [6, 6.07) is 4.19. The van der Waals surface area contributed by atoms with Crippen molar-refractivity contribution in [2.75, 3.05) is 6.54 Å². The van der Waals surface area contributed by atoms with Gasteiger partial charge in [-0.2, -0.15) is 4.59 Å². The van der Waals surface area contributed by atoms with Gasteiger partial charge in [0.05, 0.1) is 0 Å². The predicted molar refractivity (Wildman–Crippen MR) is 87.4 cm³/mol. The zero-order valence-corrected chi connectivity index (χ0v) is 13.6. The van der Waals surface area contributed by atoms with Crippen molar-refractivity contribution in [1.29, 1.82) is 0 Å². The van der Waals surface area contributed by atoms with Crippen molar-refractivity contribution in [2.45, 2.75) is 51.6 Å². The van der Waals surface area contributed by atoms with Gasteiger partial charge in [0.15, 0.2) is 0 Å². The smallest absolute Gasteiger partial charge is 0.148 e. The van der Waals surface area contributed by atoms with Crippen LogP contribution in [0.15, 0.2) is 35.2 Å². The van der Waals surface area contributed by atoms with Crippen LogP contribution in [0.2, 0.25) is 0 Å². The van der Waals surface area contributed by atoms with Crippen molar-refractivity contribution in [3.8, 4) is 0 Å². The van der Waals surface area contributed by atoms with E-state index in [0.29, 0.717) is 22.7 Å². The minimum Gasteiger partial charge on any atom is -0.377 e. The van der Waals surface area contributed by atoms with Crippen molar-refractivity contribution in [2.24, 2.45) is 5.10 Å². The first-order chi connectivity index (χ1) is 11.1. The zero-order valence-electron chi connectivity index (χ0n) is 13.6. The van der Waals surface area contributed by atoms with E-state index in [9.17, 15) is 8.78 Å². The first kappa shape index (κ1) is 16.1. The SMILES string of the molecule is CC[N+]1(Cc2cc(F)cc(F)c2)C=C(NC2CCCCC2)C=N1. The molecule has 0 aromatic heterocycles. The standard InChI is InChI=1S/C18H24F2N3/c1-2-23(12-14-8-15(19)10-16(20)9-14)13-18(11-21-23)22-17-6-4-3-5-7-17/h8-11,13,17,22H,2-7,12H2,1H3/q+1. The quantitative estimate of drug-likeness (QED) is 0.813. The van der Waals surface area contributed by atoms with Crippen LogP contribution in [0.4, 0.5) is 8.78 Å². The monoisotopic (exact) mass is 320 g/mol. The molecule has 0 radical (unpaired) electrons. The minimum absolute atomic E-state index is 0.345. The lowest BCUT2D eigenvalue weighted by atomic mass is 9.95. The van der Waals surface area contributed by atoms with Gasteiger partial charge in [0.25, 0.3) is 0 Å². The van der Waals surface area contributed by atoms with E-state index in [4.69, 9.17) is 0 Å². The summed E-state index contributed by atoms with van der Waals surface area (Å²) in [5, 5.41) is 8.16. The summed E-state index contributed by atoms with van der Waals surface area (Å²) in [5.74, 6) is -1.08. The lowest BCUT2D eigenvalue weighted by molar-refractivity contribution is -0.895. The molecule has 1 aromatic carbocycles. The number of nitrogens with one attached hydrogen (secondary N) is 1. The summed E-state index contributed by atoms with van der Waals surface area (Å²) in [7, 11) is 0. The number of nitrogens with zero attached hydrogens (tertiary/aromatic N) is 2. The molecule has 0 spiro atoms. The highest BCUT2D eigenvalue weighted by Gasteiger charge is 2.30. The number of rotatable bonds is 5. The Bertz CT molecular complexity index is 600. The van der Waals surface area contributed by atoms with Crippen LogP contribution in [0.5, 0.6) is 0 Å². The fraction of sp³-hybridized carbons (Fsp3) is 0.500. The summed E-state index contributed by atoms with van der Waals surface area (Å²) in [6.07, 6.45) is 10.2. The molecule has 1 heterocycles. The number of benzene rings is 1. The molecule has 124 valence electrons. The summed E-state index contributed by atoms with van der Waals surface area (Å²) in [4.78, 5) is 0. The molecule has 1 saturated carbocycles. The average molecular weight is 320 g/mol. The fourth-order valence-corrected chi connectivity index (χ4v) is 3.45. The molecule has 1 N–H and O–H groups in total. The Labute approximate surface area is 136 Å². The van der Waals surface area contributed by atoms with E-state index in [1.54, 1.807) is 0 Å². The van der Waals surface area contributed by atoms with Crippen LogP contribution in [-0.4, -0.2) is 23.4 Å². The van der Waals surface area contributed by atoms with E-state index in [-0.39, 0.29) is 0 Å². The van der Waals surface area contributed by atoms with Gasteiger partial charge in [-0.05, 0) is 31.9 Å². The second-order valence-corrected chi connectivity index (χ2v) is 6.55. The third-order valence-corrected chi connectivity index (χ3v) is 4.71. The number of hydrogen-bond donors (Lipinski definition) is 1. The highest BCUT2D eigenvalue weighted by molar-refractivity contribution is 5.78. The summed E-state index contributed by atoms with van der Waals surface area (Å²) >= 11 is 0. The minimum atomic E-state index is -0.540. The lowest BCUT2D eigenvalue weighted by Crippen LogP contribution is -2.35. The average Bonchev–Trinajstić information content (AvgIpc) is 2.90. The number of quaternary nitrogens is 1. The van der Waals surface area contributed by atoms with E-state index in [1.165, 1.54) is 44.2 Å². The maximum absolute atomic E-state index is 13.4. The maximum atomic E-state index is 13.4. The van der Waals surface area contributed by atoms with E-state index in [2.05, 4.69) is 16.6 Å². The Morgan fingerprint density at radius 3 is 2.48 bits per heavy atom. The lowest BCUT2D eigenvalue weighted by Gasteiger charge is -2.25. The molecule has 1 unspecified atom stereocenters. The van der Waals surface area contributed by atoms with Crippen LogP contribution in [0.25, 0.3) is 0 Å². The van der Waals surface area contributed by atoms with Crippen LogP contribution in [0, 0.1) is 11.6 Å². The first-order valence-electron chi connectivity index (χ1n) is 8.45. The summed E-state index contributed by atoms with van der Waals surface area (Å²) in [6.45, 7) is 3.23. The van der Waals surface area contributed by atoms with E-state index >= 15 is 0 Å². The molecule has 1 aromatic rings. The van der Waals surface area contributed by atoms with Gasteiger partial charge in [0, 0.05) is 17.7 Å². The molecule has 0 amide bonds. The Hall–Kier alpha value is -1.75. The van der Waals surface area contributed by atoms with Crippen LogP contribution in [0.1, 0.15) is 44.6 Å². The van der Waals surface area contributed by atoms with Gasteiger partial charge in [-0.25, -0.2) is 8.78 Å². The van der Waals surface area contributed by atoms with E-state index in [1.807, 2.05) is 13.1 Å². The molecule has 3 rings (SSSR count). The van der Waals surface area contributed by atoms with Gasteiger partial charge in [-0.15, -0.1) is 0 Å². The van der Waals surface area contributed by atoms with Gasteiger partial charge in [-0.1, -0.05) is 24.4 Å². The molecule has 23 heavy (non-hydrogen) atoms. The molecule has 0 bridgehead atoms. The topological polar surface area (TPSA) is 24.4 Å². The number of hydrogen-bond acceptors (Lipinski definition) is 2. The first-order valence-corrected chi connectivity index (χ1v) is 8.45. The molecule has 5 heteroatoms. The molecule has 3 nitrogen and oxygen atoms in total. The largest absolute Gasteiger partial charge is 0.377 e. The van der Waals surface area contributed by atoms with Gasteiger partial charge in [-0.3, -0.25) is 0 Å². The highest BCUT2D eigenvalue weighted by atomic mass is 19.1. The third kappa shape index (κ3) is 3.96. The Morgan fingerprint density at radius 2 is 1.83 bits per heavy atom. The van der Waals surface area contributed by atoms with Crippen LogP contribution in [0.3, 0.4) is 0 Å². The van der Waals surface area contributed by atoms with Crippen molar-refractivity contribution in [1.82, 2.24) is 5.32 Å². The third-order valence-electron chi connectivity index (χ3n) is 4.71. The van der Waals surface area contributed by atoms with E-state index < -0.39 is 11.6 Å². The second-order valence-electron chi connectivity index (χ2n) is 6.55. The molecule has 1 aliphatic carbocycles. The number of allylic oxidation sites excluding steroid dienone is 1. The molecule has 1 fully saturated rings. The predicted octanol–water partition coefficient (Wildman–Crippen LogP) is 4.06. The normalized spacial score (nSPS) is 24.7. The van der Waals surface area contributed by atoms with E-state index in [0.717, 1.165) is 18.3 Å². The highest BCUT2D eigenvalue weighted by Crippen LogP contribution is 2.24. The van der Waals surface area contributed by atoms with Crippen LogP contribution < -0.4 is 5.32 Å². The molecule has 2 aliphatic rings. The van der Waals surface area contributed by atoms with Crippen molar-refractivity contribution < 1.29 is 13.4 Å².